The van der Waals surface area contributed by atoms with Gasteiger partial charge in [-0.2, -0.15) is 5.10 Å². The molecule has 1 aromatic heterocycles. The normalized spacial score (nSPS) is 12.8. The number of rotatable bonds is 8. The third-order valence-corrected chi connectivity index (χ3v) is 4.50. The number of esters is 1. The van der Waals surface area contributed by atoms with Crippen molar-refractivity contribution < 1.29 is 19.4 Å². The predicted molar refractivity (Wildman–Crippen MR) is 102 cm³/mol. The smallest absolute Gasteiger partial charge is 0.321 e. The summed E-state index contributed by atoms with van der Waals surface area (Å²) in [4.78, 5) is 47.2. The average molecular weight is 404 g/mol. The van der Waals surface area contributed by atoms with Crippen LogP contribution < -0.4 is 5.56 Å². The molecule has 0 N–H and O–H groups in total. The van der Waals surface area contributed by atoms with Gasteiger partial charge in [-0.1, -0.05) is 19.1 Å². The zero-order valence-electron chi connectivity index (χ0n) is 16.2. The Labute approximate surface area is 165 Å². The third-order valence-electron chi connectivity index (χ3n) is 4.50. The molecular weight excluding hydrogens is 384 g/mol. The van der Waals surface area contributed by atoms with Crippen LogP contribution in [0.15, 0.2) is 35.3 Å². The van der Waals surface area contributed by atoms with Gasteiger partial charge in [-0.15, -0.1) is 0 Å². The van der Waals surface area contributed by atoms with Crippen molar-refractivity contribution in [2.75, 3.05) is 6.61 Å². The first-order valence-electron chi connectivity index (χ1n) is 8.85. The Morgan fingerprint density at radius 2 is 1.79 bits per heavy atom. The van der Waals surface area contributed by atoms with Gasteiger partial charge in [0.05, 0.1) is 16.5 Å². The van der Waals surface area contributed by atoms with Crippen molar-refractivity contribution in [3.63, 3.8) is 0 Å². The zero-order valence-corrected chi connectivity index (χ0v) is 16.2. The molecule has 2 aromatic rings. The van der Waals surface area contributed by atoms with E-state index in [1.165, 1.54) is 19.1 Å². The van der Waals surface area contributed by atoms with Crippen LogP contribution in [-0.4, -0.2) is 32.2 Å². The lowest BCUT2D eigenvalue weighted by atomic mass is 9.76. The van der Waals surface area contributed by atoms with Crippen molar-refractivity contribution in [1.82, 2.24) is 9.78 Å². The standard InChI is InChI=1S/C18H20N4O7/c1-4-10-20-16(23)15(14(11-19-20)22(27)28)18(3,17(24)29-5-2)12-6-8-13(9-7-12)21(25)26/h6-9,11H,4-5,10H2,1-3H3. The minimum atomic E-state index is -1.87. The van der Waals surface area contributed by atoms with Crippen LogP contribution in [0.4, 0.5) is 11.4 Å². The molecule has 11 nitrogen and oxygen atoms in total. The van der Waals surface area contributed by atoms with Gasteiger partial charge in [0, 0.05) is 18.7 Å². The lowest BCUT2D eigenvalue weighted by Crippen LogP contribution is -2.43. The molecule has 2 rings (SSSR count). The highest BCUT2D eigenvalue weighted by molar-refractivity contribution is 5.88. The van der Waals surface area contributed by atoms with E-state index in [1.807, 2.05) is 0 Å². The van der Waals surface area contributed by atoms with Crippen molar-refractivity contribution >= 4 is 17.3 Å². The molecule has 29 heavy (non-hydrogen) atoms. The van der Waals surface area contributed by atoms with Gasteiger partial charge in [0.25, 0.3) is 16.9 Å². The van der Waals surface area contributed by atoms with E-state index in [0.29, 0.717) is 6.42 Å². The monoisotopic (exact) mass is 404 g/mol. The van der Waals surface area contributed by atoms with Gasteiger partial charge in [-0.25, -0.2) is 4.68 Å². The Morgan fingerprint density at radius 1 is 1.17 bits per heavy atom. The number of carbonyl (C=O) groups excluding carboxylic acids is 1. The van der Waals surface area contributed by atoms with Crippen LogP contribution in [0.2, 0.25) is 0 Å². The van der Waals surface area contributed by atoms with E-state index in [0.717, 1.165) is 23.0 Å². The second kappa shape index (κ2) is 8.59. The molecule has 1 atom stereocenters. The second-order valence-electron chi connectivity index (χ2n) is 6.34. The fourth-order valence-electron chi connectivity index (χ4n) is 3.02. The number of carbonyl (C=O) groups is 1. The quantitative estimate of drug-likeness (QED) is 0.370. The number of non-ortho nitro benzene ring substituents is 1. The number of aryl methyl sites for hydroxylation is 1. The van der Waals surface area contributed by atoms with E-state index >= 15 is 0 Å². The summed E-state index contributed by atoms with van der Waals surface area (Å²) in [5.74, 6) is -0.886. The zero-order chi connectivity index (χ0) is 21.8. The predicted octanol–water partition coefficient (Wildman–Crippen LogP) is 2.34. The summed E-state index contributed by atoms with van der Waals surface area (Å²) in [6, 6.07) is 4.88. The molecule has 0 radical (unpaired) electrons. The van der Waals surface area contributed by atoms with Gasteiger partial charge in [0.2, 0.25) is 0 Å². The molecule has 0 spiro atoms. The van der Waals surface area contributed by atoms with E-state index in [4.69, 9.17) is 4.74 Å². The van der Waals surface area contributed by atoms with Crippen LogP contribution in [-0.2, 0) is 21.5 Å². The topological polar surface area (TPSA) is 147 Å². The number of benzene rings is 1. The lowest BCUT2D eigenvalue weighted by molar-refractivity contribution is -0.386. The van der Waals surface area contributed by atoms with Gasteiger partial charge in [0.15, 0.2) is 0 Å². The lowest BCUT2D eigenvalue weighted by Gasteiger charge is -2.27. The SMILES string of the molecule is CCCn1ncc([N+](=O)[O-])c(C(C)(C(=O)OCC)c2ccc([N+](=O)[O-])cc2)c1=O. The minimum Gasteiger partial charge on any atom is -0.465 e. The van der Waals surface area contributed by atoms with Gasteiger partial charge < -0.3 is 4.74 Å². The highest BCUT2D eigenvalue weighted by atomic mass is 16.6. The van der Waals surface area contributed by atoms with E-state index in [-0.39, 0.29) is 24.4 Å². The van der Waals surface area contributed by atoms with Crippen molar-refractivity contribution in [1.29, 1.82) is 0 Å². The maximum atomic E-state index is 13.1. The number of aromatic nitrogens is 2. The van der Waals surface area contributed by atoms with Crippen molar-refractivity contribution in [2.45, 2.75) is 39.2 Å². The summed E-state index contributed by atoms with van der Waals surface area (Å²) in [5.41, 5.74) is -3.78. The highest BCUT2D eigenvalue weighted by Gasteiger charge is 2.46. The number of nitro groups is 2. The first-order valence-corrected chi connectivity index (χ1v) is 8.85. The first-order chi connectivity index (χ1) is 13.7. The molecule has 1 heterocycles. The van der Waals surface area contributed by atoms with Crippen LogP contribution in [0.1, 0.15) is 38.3 Å². The van der Waals surface area contributed by atoms with Crippen molar-refractivity contribution in [2.24, 2.45) is 0 Å². The first kappa shape index (κ1) is 21.7. The Bertz CT molecular complexity index is 1000. The summed E-state index contributed by atoms with van der Waals surface area (Å²) in [7, 11) is 0. The van der Waals surface area contributed by atoms with E-state index in [9.17, 15) is 29.8 Å². The molecule has 0 aliphatic rings. The number of ether oxygens (including phenoxy) is 1. The van der Waals surface area contributed by atoms with E-state index in [1.54, 1.807) is 13.8 Å². The molecule has 0 saturated heterocycles. The number of hydrogen-bond acceptors (Lipinski definition) is 8. The Hall–Kier alpha value is -3.63. The third kappa shape index (κ3) is 3.98. The summed E-state index contributed by atoms with van der Waals surface area (Å²) >= 11 is 0. The largest absolute Gasteiger partial charge is 0.465 e. The van der Waals surface area contributed by atoms with Crippen LogP contribution >= 0.6 is 0 Å². The maximum Gasteiger partial charge on any atom is 0.321 e. The van der Waals surface area contributed by atoms with Crippen LogP contribution in [0, 0.1) is 20.2 Å². The molecule has 0 aliphatic heterocycles. The minimum absolute atomic E-state index is 0.0244. The molecule has 0 bridgehead atoms. The van der Waals surface area contributed by atoms with Gasteiger partial charge in [-0.3, -0.25) is 29.8 Å². The van der Waals surface area contributed by atoms with Gasteiger partial charge in [-0.05, 0) is 25.8 Å². The summed E-state index contributed by atoms with van der Waals surface area (Å²) in [6.07, 6.45) is 1.47. The molecule has 1 unspecified atom stereocenters. The molecule has 0 aliphatic carbocycles. The molecule has 11 heteroatoms. The fourth-order valence-corrected chi connectivity index (χ4v) is 3.02. The van der Waals surface area contributed by atoms with Crippen LogP contribution in [0.25, 0.3) is 0 Å². The Morgan fingerprint density at radius 3 is 2.28 bits per heavy atom. The molecule has 0 fully saturated rings. The van der Waals surface area contributed by atoms with Crippen LogP contribution in [0.5, 0.6) is 0 Å². The average Bonchev–Trinajstić information content (AvgIpc) is 2.69. The maximum absolute atomic E-state index is 13.1. The summed E-state index contributed by atoms with van der Waals surface area (Å²) in [6.45, 7) is 4.86. The number of nitro benzene ring substituents is 1. The Balaban J connectivity index is 2.87. The number of hydrogen-bond donors (Lipinski definition) is 0. The summed E-state index contributed by atoms with van der Waals surface area (Å²) in [5, 5.41) is 26.4. The molecule has 1 aromatic carbocycles. The van der Waals surface area contributed by atoms with E-state index in [2.05, 4.69) is 5.10 Å². The molecule has 154 valence electrons. The summed E-state index contributed by atoms with van der Waals surface area (Å²) < 4.78 is 6.17. The molecule has 0 amide bonds. The molecular formula is C18H20N4O7. The van der Waals surface area contributed by atoms with Gasteiger partial charge >= 0.3 is 5.97 Å². The molecule has 0 saturated carbocycles. The Kier molecular flexibility index (Phi) is 6.42. The second-order valence-corrected chi connectivity index (χ2v) is 6.34. The number of nitrogens with zero attached hydrogens (tertiary/aromatic N) is 4. The fraction of sp³-hybridized carbons (Fsp3) is 0.389. The van der Waals surface area contributed by atoms with Crippen molar-refractivity contribution in [3.05, 3.63) is 72.2 Å². The highest BCUT2D eigenvalue weighted by Crippen LogP contribution is 2.37. The van der Waals surface area contributed by atoms with Crippen LogP contribution in [0.3, 0.4) is 0 Å². The van der Waals surface area contributed by atoms with Crippen molar-refractivity contribution in [3.8, 4) is 0 Å². The van der Waals surface area contributed by atoms with Gasteiger partial charge in [0.1, 0.15) is 17.2 Å². The van der Waals surface area contributed by atoms with E-state index < -0.39 is 38.0 Å².